The van der Waals surface area contributed by atoms with E-state index in [0.717, 1.165) is 42.8 Å². The third-order valence-electron chi connectivity index (χ3n) is 7.33. The molecule has 6 nitrogen and oxygen atoms in total. The number of amides is 1. The molecule has 0 unspecified atom stereocenters. The zero-order chi connectivity index (χ0) is 24.0. The van der Waals surface area contributed by atoms with Gasteiger partial charge in [0.15, 0.2) is 11.5 Å². The number of halogens is 1. The normalized spacial score (nSPS) is 17.5. The third kappa shape index (κ3) is 5.67. The lowest BCUT2D eigenvalue weighted by Crippen LogP contribution is -2.33. The molecule has 5 rings (SSSR count). The summed E-state index contributed by atoms with van der Waals surface area (Å²) in [6.45, 7) is 3.98. The standard InChI is InChI=1S/C28H35FN4O2/c29-22-12-10-21(11-13-22)26-27(33(20-31-26)23-8-3-1-4-9-23)24-14-15-25(35-24)28(34)30-16-7-19-32-17-5-2-6-18-32/h10-15,20,23H,1-9,16-19H2,(H,30,34). The molecule has 0 spiro atoms. The molecule has 1 aromatic carbocycles. The number of hydrogen-bond acceptors (Lipinski definition) is 4. The number of benzene rings is 1. The van der Waals surface area contributed by atoms with Crippen LogP contribution >= 0.6 is 0 Å². The highest BCUT2D eigenvalue weighted by Gasteiger charge is 2.25. The van der Waals surface area contributed by atoms with Crippen LogP contribution in [0, 0.1) is 5.82 Å². The highest BCUT2D eigenvalue weighted by molar-refractivity contribution is 5.92. The van der Waals surface area contributed by atoms with E-state index in [1.807, 2.05) is 12.4 Å². The first-order valence-corrected chi connectivity index (χ1v) is 13.1. The number of hydrogen-bond donors (Lipinski definition) is 1. The molecule has 0 radical (unpaired) electrons. The zero-order valence-corrected chi connectivity index (χ0v) is 20.3. The topological polar surface area (TPSA) is 63.3 Å². The summed E-state index contributed by atoms with van der Waals surface area (Å²) >= 11 is 0. The Morgan fingerprint density at radius 3 is 2.51 bits per heavy atom. The average Bonchev–Trinajstić information content (AvgIpc) is 3.56. The molecule has 1 N–H and O–H groups in total. The van der Waals surface area contributed by atoms with Gasteiger partial charge in [-0.2, -0.15) is 0 Å². The van der Waals surface area contributed by atoms with Gasteiger partial charge in [0, 0.05) is 18.2 Å². The fourth-order valence-electron chi connectivity index (χ4n) is 5.42. The van der Waals surface area contributed by atoms with Crippen molar-refractivity contribution in [1.82, 2.24) is 19.8 Å². The van der Waals surface area contributed by atoms with E-state index in [1.165, 1.54) is 63.7 Å². The van der Waals surface area contributed by atoms with Gasteiger partial charge in [-0.05, 0) is 88.1 Å². The first-order chi connectivity index (χ1) is 17.2. The highest BCUT2D eigenvalue weighted by Crippen LogP contribution is 2.38. The van der Waals surface area contributed by atoms with Crippen molar-refractivity contribution in [2.75, 3.05) is 26.2 Å². The molecule has 2 aromatic heterocycles. The third-order valence-corrected chi connectivity index (χ3v) is 7.33. The summed E-state index contributed by atoms with van der Waals surface area (Å²) in [5.41, 5.74) is 2.43. The molecule has 2 aliphatic rings. The van der Waals surface area contributed by atoms with Crippen LogP contribution in [-0.2, 0) is 0 Å². The lowest BCUT2D eigenvalue weighted by atomic mass is 9.95. The van der Waals surface area contributed by atoms with E-state index in [-0.39, 0.29) is 11.7 Å². The summed E-state index contributed by atoms with van der Waals surface area (Å²) in [6.07, 6.45) is 12.5. The van der Waals surface area contributed by atoms with Crippen molar-refractivity contribution in [1.29, 1.82) is 0 Å². The van der Waals surface area contributed by atoms with Crippen molar-refractivity contribution in [2.24, 2.45) is 0 Å². The minimum atomic E-state index is -0.278. The molecule has 2 fully saturated rings. The maximum Gasteiger partial charge on any atom is 0.287 e. The van der Waals surface area contributed by atoms with Crippen molar-refractivity contribution in [3.05, 3.63) is 54.3 Å². The van der Waals surface area contributed by atoms with Crippen LogP contribution < -0.4 is 5.32 Å². The van der Waals surface area contributed by atoms with E-state index in [4.69, 9.17) is 9.40 Å². The number of piperidine rings is 1. The molecule has 0 atom stereocenters. The molecule has 1 aliphatic carbocycles. The van der Waals surface area contributed by atoms with E-state index in [9.17, 15) is 9.18 Å². The van der Waals surface area contributed by atoms with Gasteiger partial charge in [0.25, 0.3) is 5.91 Å². The van der Waals surface area contributed by atoms with Gasteiger partial charge in [-0.15, -0.1) is 0 Å². The fraction of sp³-hybridized carbons (Fsp3) is 0.500. The van der Waals surface area contributed by atoms with Crippen molar-refractivity contribution >= 4 is 5.91 Å². The Labute approximate surface area is 206 Å². The second-order valence-electron chi connectivity index (χ2n) is 9.82. The van der Waals surface area contributed by atoms with Crippen molar-refractivity contribution in [3.63, 3.8) is 0 Å². The van der Waals surface area contributed by atoms with E-state index < -0.39 is 0 Å². The van der Waals surface area contributed by atoms with Crippen LogP contribution in [0.2, 0.25) is 0 Å². The molecule has 3 heterocycles. The number of nitrogens with one attached hydrogen (secondary N) is 1. The van der Waals surface area contributed by atoms with Crippen LogP contribution in [0.25, 0.3) is 22.7 Å². The molecule has 1 saturated heterocycles. The van der Waals surface area contributed by atoms with Crippen LogP contribution in [0.4, 0.5) is 4.39 Å². The Bertz CT molecular complexity index is 1110. The van der Waals surface area contributed by atoms with Gasteiger partial charge < -0.3 is 19.2 Å². The molecule has 1 saturated carbocycles. The number of carbonyl (C=O) groups is 1. The van der Waals surface area contributed by atoms with Crippen molar-refractivity contribution in [2.45, 2.75) is 63.8 Å². The minimum absolute atomic E-state index is 0.193. The Kier molecular flexibility index (Phi) is 7.62. The Morgan fingerprint density at radius 2 is 1.74 bits per heavy atom. The zero-order valence-electron chi connectivity index (χ0n) is 20.3. The van der Waals surface area contributed by atoms with Gasteiger partial charge in [-0.25, -0.2) is 9.37 Å². The molecule has 3 aromatic rings. The maximum absolute atomic E-state index is 13.6. The van der Waals surface area contributed by atoms with Gasteiger partial charge in [0.1, 0.15) is 11.5 Å². The van der Waals surface area contributed by atoms with Crippen LogP contribution in [0.5, 0.6) is 0 Å². The summed E-state index contributed by atoms with van der Waals surface area (Å²) in [5.74, 6) is 0.450. The number of rotatable bonds is 8. The van der Waals surface area contributed by atoms with Crippen LogP contribution in [0.3, 0.4) is 0 Å². The lowest BCUT2D eigenvalue weighted by molar-refractivity contribution is 0.0924. The average molecular weight is 479 g/mol. The summed E-state index contributed by atoms with van der Waals surface area (Å²) in [4.78, 5) is 20.0. The smallest absolute Gasteiger partial charge is 0.287 e. The lowest BCUT2D eigenvalue weighted by Gasteiger charge is -2.26. The summed E-state index contributed by atoms with van der Waals surface area (Å²) < 4.78 is 21.8. The molecule has 7 heteroatoms. The van der Waals surface area contributed by atoms with Gasteiger partial charge in [-0.1, -0.05) is 25.7 Å². The maximum atomic E-state index is 13.6. The molecule has 186 valence electrons. The SMILES string of the molecule is O=C(NCCCN1CCCCC1)c1ccc(-c2c(-c3ccc(F)cc3)ncn2C2CCCCC2)o1. The Morgan fingerprint density at radius 1 is 1.00 bits per heavy atom. The number of imidazole rings is 1. The number of furan rings is 1. The van der Waals surface area contributed by atoms with Gasteiger partial charge in [-0.3, -0.25) is 4.79 Å². The Hall–Kier alpha value is -2.93. The van der Waals surface area contributed by atoms with E-state index in [2.05, 4.69) is 14.8 Å². The van der Waals surface area contributed by atoms with E-state index >= 15 is 0 Å². The van der Waals surface area contributed by atoms with Crippen molar-refractivity contribution < 1.29 is 13.6 Å². The highest BCUT2D eigenvalue weighted by atomic mass is 19.1. The number of likely N-dealkylation sites (tertiary alicyclic amines) is 1. The van der Waals surface area contributed by atoms with Crippen LogP contribution in [0.15, 0.2) is 47.1 Å². The predicted molar refractivity (Wildman–Crippen MR) is 135 cm³/mol. The molecule has 1 aliphatic heterocycles. The second-order valence-corrected chi connectivity index (χ2v) is 9.82. The van der Waals surface area contributed by atoms with Crippen LogP contribution in [-0.4, -0.2) is 46.5 Å². The summed E-state index contributed by atoms with van der Waals surface area (Å²) in [6, 6.07) is 10.3. The molecular weight excluding hydrogens is 443 g/mol. The quantitative estimate of drug-likeness (QED) is 0.400. The minimum Gasteiger partial charge on any atom is -0.449 e. The molecule has 1 amide bonds. The second kappa shape index (κ2) is 11.2. The van der Waals surface area contributed by atoms with Crippen molar-refractivity contribution in [3.8, 4) is 22.7 Å². The predicted octanol–water partition coefficient (Wildman–Crippen LogP) is 6.06. The summed E-state index contributed by atoms with van der Waals surface area (Å²) in [7, 11) is 0. The number of aromatic nitrogens is 2. The van der Waals surface area contributed by atoms with Gasteiger partial charge in [0.2, 0.25) is 0 Å². The Balaban J connectivity index is 1.32. The number of carbonyl (C=O) groups excluding carboxylic acids is 1. The van der Waals surface area contributed by atoms with Gasteiger partial charge >= 0.3 is 0 Å². The molecular formula is C28H35FN4O2. The molecule has 35 heavy (non-hydrogen) atoms. The first kappa shape index (κ1) is 23.8. The van der Waals surface area contributed by atoms with E-state index in [1.54, 1.807) is 18.2 Å². The van der Waals surface area contributed by atoms with Crippen LogP contribution in [0.1, 0.15) is 74.4 Å². The summed E-state index contributed by atoms with van der Waals surface area (Å²) in [5, 5.41) is 3.00. The number of nitrogens with zero attached hydrogens (tertiary/aromatic N) is 3. The van der Waals surface area contributed by atoms with Gasteiger partial charge in [0.05, 0.1) is 12.0 Å². The fourth-order valence-corrected chi connectivity index (χ4v) is 5.42. The molecule has 0 bridgehead atoms. The monoisotopic (exact) mass is 478 g/mol. The van der Waals surface area contributed by atoms with E-state index in [0.29, 0.717) is 24.1 Å². The largest absolute Gasteiger partial charge is 0.449 e. The first-order valence-electron chi connectivity index (χ1n) is 13.1.